The lowest BCUT2D eigenvalue weighted by Gasteiger charge is -2.26. The Morgan fingerprint density at radius 3 is 2.24 bits per heavy atom. The predicted molar refractivity (Wildman–Crippen MR) is 86.9 cm³/mol. The number of phenols is 1. The Kier molecular flexibility index (Phi) is 10.9. The molecule has 0 bridgehead atoms. The first-order chi connectivity index (χ1) is 9.27. The van der Waals surface area contributed by atoms with E-state index in [0.29, 0.717) is 12.3 Å². The highest BCUT2D eigenvalue weighted by Gasteiger charge is 2.08. The van der Waals surface area contributed by atoms with Crippen LogP contribution in [0.5, 0.6) is 5.75 Å². The van der Waals surface area contributed by atoms with E-state index < -0.39 is 5.97 Å². The number of halogens is 1. The van der Waals surface area contributed by atoms with E-state index >= 15 is 0 Å². The van der Waals surface area contributed by atoms with Crippen molar-refractivity contribution in [2.24, 2.45) is 0 Å². The fourth-order valence-electron chi connectivity index (χ4n) is 1.29. The topological polar surface area (TPSA) is 92.6 Å². The Labute approximate surface area is 136 Å². The summed E-state index contributed by atoms with van der Waals surface area (Å²) in [7, 11) is 5.89. The van der Waals surface area contributed by atoms with Gasteiger partial charge in [-0.05, 0) is 19.1 Å². The van der Waals surface area contributed by atoms with Crippen LogP contribution in [-0.2, 0) is 0 Å². The van der Waals surface area contributed by atoms with Gasteiger partial charge >= 0.3 is 0 Å². The maximum absolute atomic E-state index is 10.3. The van der Waals surface area contributed by atoms with Gasteiger partial charge in [-0.1, -0.05) is 0 Å². The molecule has 1 rings (SSSR count). The molecule has 6 nitrogen and oxygen atoms in total. The number of carboxylic acid groups (broad SMARTS) is 1. The highest BCUT2D eigenvalue weighted by atomic mass is 79.9. The number of aliphatic hydroxyl groups excluding tert-OH is 1. The largest absolute Gasteiger partial charge is 0.545 e. The number of aliphatic hydroxyl groups is 1. The molecule has 1 aromatic carbocycles. The second-order valence-electron chi connectivity index (χ2n) is 4.97. The molecule has 0 aliphatic rings. The molecular formula is C14H25BrN2O4. The number of nitrogens with zero attached hydrogens (tertiary/aromatic N) is 1. The summed E-state index contributed by atoms with van der Waals surface area (Å²) in [5.74, 6) is -1.67. The number of hydrogen-bond acceptors (Lipinski definition) is 5. The van der Waals surface area contributed by atoms with Crippen molar-refractivity contribution in [2.75, 3.05) is 46.2 Å². The van der Waals surface area contributed by atoms with Crippen LogP contribution in [0.3, 0.4) is 0 Å². The molecule has 3 N–H and O–H groups in total. The van der Waals surface area contributed by atoms with Crippen LogP contribution in [0.15, 0.2) is 18.2 Å². The van der Waals surface area contributed by atoms with Gasteiger partial charge in [-0.3, -0.25) is 0 Å². The van der Waals surface area contributed by atoms with Crippen molar-refractivity contribution in [3.05, 3.63) is 23.8 Å². The average molecular weight is 365 g/mol. The third-order valence-corrected chi connectivity index (χ3v) is 3.07. The molecule has 7 heteroatoms. The first-order valence-corrected chi connectivity index (χ1v) is 6.42. The highest BCUT2D eigenvalue weighted by Crippen LogP contribution is 2.20. The summed E-state index contributed by atoms with van der Waals surface area (Å²) in [5.41, 5.74) is 0.450. The van der Waals surface area contributed by atoms with E-state index in [1.54, 1.807) is 13.1 Å². The molecule has 0 spiro atoms. The van der Waals surface area contributed by atoms with Gasteiger partial charge in [-0.2, -0.15) is 0 Å². The first-order valence-electron chi connectivity index (χ1n) is 6.42. The number of aromatic hydroxyl groups is 1. The number of carbonyl (C=O) groups excluding carboxylic acids is 1. The minimum absolute atomic E-state index is 0. The van der Waals surface area contributed by atoms with Crippen molar-refractivity contribution in [1.82, 2.24) is 0 Å². The van der Waals surface area contributed by atoms with Gasteiger partial charge in [0.25, 0.3) is 0 Å². The van der Waals surface area contributed by atoms with Crippen molar-refractivity contribution < 1.29 is 24.6 Å². The zero-order valence-electron chi connectivity index (χ0n) is 12.9. The van der Waals surface area contributed by atoms with Gasteiger partial charge < -0.3 is 29.9 Å². The van der Waals surface area contributed by atoms with E-state index in [1.807, 2.05) is 0 Å². The molecule has 0 aromatic heterocycles. The molecule has 0 fully saturated rings. The van der Waals surface area contributed by atoms with E-state index in [2.05, 4.69) is 26.3 Å². The fraction of sp³-hybridized carbons (Fsp3) is 0.500. The lowest BCUT2D eigenvalue weighted by Crippen LogP contribution is -2.41. The lowest BCUT2D eigenvalue weighted by atomic mass is 10.2. The number of hydrogen-bond donors (Lipinski definition) is 3. The number of likely N-dealkylation sites (N-methyl/N-ethyl adjacent to an activating group) is 1. The number of rotatable bonds is 5. The van der Waals surface area contributed by atoms with E-state index in [-0.39, 0.29) is 28.3 Å². The van der Waals surface area contributed by atoms with E-state index in [4.69, 9.17) is 10.2 Å². The molecule has 1 aromatic rings. The number of benzene rings is 1. The molecular weight excluding hydrogens is 340 g/mol. The first kappa shape index (κ1) is 22.0. The molecule has 0 atom stereocenters. The molecule has 122 valence electrons. The Morgan fingerprint density at radius 1 is 1.38 bits per heavy atom. The summed E-state index contributed by atoms with van der Waals surface area (Å²) in [6.45, 7) is 4.35. The summed E-state index contributed by atoms with van der Waals surface area (Å²) in [6.07, 6.45) is 0. The zero-order chi connectivity index (χ0) is 15.8. The van der Waals surface area contributed by atoms with Crippen LogP contribution in [0.25, 0.3) is 0 Å². The number of carbonyl (C=O) groups is 1. The van der Waals surface area contributed by atoms with Gasteiger partial charge in [-0.25, -0.2) is 0 Å². The fourth-order valence-corrected chi connectivity index (χ4v) is 1.29. The van der Waals surface area contributed by atoms with Crippen molar-refractivity contribution >= 4 is 28.6 Å². The third-order valence-electron chi connectivity index (χ3n) is 3.07. The van der Waals surface area contributed by atoms with Crippen molar-refractivity contribution in [1.29, 1.82) is 0 Å². The molecule has 0 unspecified atom stereocenters. The van der Waals surface area contributed by atoms with Crippen molar-refractivity contribution in [2.45, 2.75) is 6.92 Å². The van der Waals surface area contributed by atoms with Gasteiger partial charge in [0.15, 0.2) is 0 Å². The third kappa shape index (κ3) is 8.54. The molecule has 0 amide bonds. The summed E-state index contributed by atoms with van der Waals surface area (Å²) in [6, 6.07) is 4.16. The average Bonchev–Trinajstić information content (AvgIpc) is 2.38. The predicted octanol–water partition coefficient (Wildman–Crippen LogP) is 0.450. The van der Waals surface area contributed by atoms with E-state index in [0.717, 1.165) is 17.6 Å². The maximum atomic E-state index is 10.3. The van der Waals surface area contributed by atoms with Crippen LogP contribution in [0, 0.1) is 0 Å². The minimum atomic E-state index is -1.38. The number of nitrogens with one attached hydrogen (secondary N) is 1. The van der Waals surface area contributed by atoms with E-state index in [1.165, 1.54) is 12.1 Å². The van der Waals surface area contributed by atoms with Crippen LogP contribution in [0.4, 0.5) is 5.69 Å². The second kappa shape index (κ2) is 10.4. The van der Waals surface area contributed by atoms with Gasteiger partial charge in [0.05, 0.1) is 33.2 Å². The number of aromatic carboxylic acids is 1. The van der Waals surface area contributed by atoms with Gasteiger partial charge in [0, 0.05) is 24.4 Å². The van der Waals surface area contributed by atoms with Crippen molar-refractivity contribution in [3.8, 4) is 5.75 Å². The standard InChI is InChI=1S/C8H9NO3.C6H16NO.BrH/c1-9-5-2-3-6(8(11)12)7(10)4-5;1-4-7(2,3)5-6-8;/h2-4,9-10H,1H3,(H,11,12);8H,4-6H2,1-3H3;1H/q;+1;/p-1. The van der Waals surface area contributed by atoms with Gasteiger partial charge in [0.1, 0.15) is 12.3 Å². The summed E-state index contributed by atoms with van der Waals surface area (Å²) in [5, 5.41) is 30.7. The Morgan fingerprint density at radius 2 is 1.95 bits per heavy atom. The van der Waals surface area contributed by atoms with Gasteiger partial charge in [-0.15, -0.1) is 17.0 Å². The van der Waals surface area contributed by atoms with Crippen LogP contribution in [0.2, 0.25) is 0 Å². The number of anilines is 1. The highest BCUT2D eigenvalue weighted by molar-refractivity contribution is 8.93. The Bertz CT molecular complexity index is 439. The molecule has 0 aliphatic carbocycles. The van der Waals surface area contributed by atoms with Crippen LogP contribution in [-0.4, -0.2) is 61.5 Å². The number of quaternary nitrogens is 1. The molecule has 0 heterocycles. The molecule has 0 radical (unpaired) electrons. The lowest BCUT2D eigenvalue weighted by molar-refractivity contribution is -0.888. The molecule has 0 aliphatic heterocycles. The monoisotopic (exact) mass is 364 g/mol. The summed E-state index contributed by atoms with van der Waals surface area (Å²) >= 11 is 0. The van der Waals surface area contributed by atoms with Crippen LogP contribution >= 0.6 is 17.0 Å². The maximum Gasteiger partial charge on any atom is 0.126 e. The molecule has 0 saturated heterocycles. The molecule has 0 saturated carbocycles. The van der Waals surface area contributed by atoms with Crippen LogP contribution in [0.1, 0.15) is 17.3 Å². The minimum Gasteiger partial charge on any atom is -0.545 e. The molecule has 21 heavy (non-hydrogen) atoms. The van der Waals surface area contributed by atoms with Crippen molar-refractivity contribution in [3.63, 3.8) is 0 Å². The summed E-state index contributed by atoms with van der Waals surface area (Å²) in [4.78, 5) is 10.3. The second-order valence-corrected chi connectivity index (χ2v) is 4.97. The quantitative estimate of drug-likeness (QED) is 0.659. The SMILES string of the molecule is Br.CC[N+](C)(C)CCO.CNc1ccc(C(=O)[O-])c(O)c1. The van der Waals surface area contributed by atoms with E-state index in [9.17, 15) is 9.90 Å². The Balaban J connectivity index is 0. The van der Waals surface area contributed by atoms with Gasteiger partial charge in [0.2, 0.25) is 0 Å². The normalized spacial score (nSPS) is 9.95. The summed E-state index contributed by atoms with van der Waals surface area (Å²) < 4.78 is 0.913. The van der Waals surface area contributed by atoms with Crippen LogP contribution < -0.4 is 10.4 Å². The smallest absolute Gasteiger partial charge is 0.126 e. The Hall–Kier alpha value is -1.31. The number of carboxylic acids is 1. The zero-order valence-corrected chi connectivity index (χ0v) is 14.6.